The molecular weight excluding hydrogens is 554 g/mol. The number of rotatable bonds is 3. The molecule has 4 aromatic carbocycles. The minimum absolute atomic E-state index is 0.119. The van der Waals surface area contributed by atoms with E-state index in [2.05, 4.69) is 22.6 Å². The summed E-state index contributed by atoms with van der Waals surface area (Å²) in [5, 5.41) is 3.70. The molecule has 0 radical (unpaired) electrons. The molecule has 3 nitrogen and oxygen atoms in total. The Morgan fingerprint density at radius 1 is 0.844 bits per heavy atom. The van der Waals surface area contributed by atoms with Crippen molar-refractivity contribution in [2.24, 2.45) is 0 Å². The van der Waals surface area contributed by atoms with Gasteiger partial charge in [-0.25, -0.2) is 4.98 Å². The van der Waals surface area contributed by atoms with Gasteiger partial charge >= 0.3 is 0 Å². The highest BCUT2D eigenvalue weighted by Gasteiger charge is 2.14. The van der Waals surface area contributed by atoms with Gasteiger partial charge in [-0.2, -0.15) is 0 Å². The predicted molar refractivity (Wildman–Crippen MR) is 143 cm³/mol. The van der Waals surface area contributed by atoms with Crippen LogP contribution < -0.4 is 5.56 Å². The molecule has 0 aliphatic heterocycles. The molecule has 0 atom stereocenters. The maximum Gasteiger partial charge on any atom is 0.266 e. The van der Waals surface area contributed by atoms with E-state index in [1.165, 1.54) is 0 Å². The Morgan fingerprint density at radius 2 is 1.66 bits per heavy atom. The van der Waals surface area contributed by atoms with Gasteiger partial charge in [0, 0.05) is 19.0 Å². The van der Waals surface area contributed by atoms with Crippen molar-refractivity contribution in [3.63, 3.8) is 0 Å². The lowest BCUT2D eigenvalue weighted by Gasteiger charge is -2.14. The molecule has 6 heteroatoms. The molecule has 0 N–H and O–H groups in total. The van der Waals surface area contributed by atoms with Crippen LogP contribution in [-0.2, 0) is 0 Å². The van der Waals surface area contributed by atoms with Crippen LogP contribution in [0.25, 0.3) is 39.5 Å². The summed E-state index contributed by atoms with van der Waals surface area (Å²) in [4.78, 5) is 18.5. The zero-order valence-electron chi connectivity index (χ0n) is 16.6. The standard InChI is InChI=1S/C26H15Cl2IN2O/c27-18-10-8-17(22(28)14-18)9-13-25-30-23-12-11-19(29)15-21(23)26(32)31(25)24-7-3-5-16-4-1-2-6-20(16)24/h1-15H. The Bertz CT molecular complexity index is 1590. The Kier molecular flexibility index (Phi) is 5.76. The molecule has 1 heterocycles. The topological polar surface area (TPSA) is 34.9 Å². The number of fused-ring (bicyclic) bond motifs is 2. The molecule has 156 valence electrons. The van der Waals surface area contributed by atoms with Crippen LogP contribution in [0.1, 0.15) is 11.4 Å². The van der Waals surface area contributed by atoms with Gasteiger partial charge in [0.15, 0.2) is 0 Å². The van der Waals surface area contributed by atoms with E-state index in [0.717, 1.165) is 25.6 Å². The summed E-state index contributed by atoms with van der Waals surface area (Å²) >= 11 is 14.6. The summed E-state index contributed by atoms with van der Waals surface area (Å²) in [5.41, 5.74) is 2.10. The molecule has 0 aliphatic rings. The van der Waals surface area contributed by atoms with Gasteiger partial charge < -0.3 is 0 Å². The molecule has 5 aromatic rings. The molecule has 0 amide bonds. The van der Waals surface area contributed by atoms with Crippen LogP contribution >= 0.6 is 45.8 Å². The molecule has 0 spiro atoms. The second-order valence-electron chi connectivity index (χ2n) is 7.27. The van der Waals surface area contributed by atoms with Crippen molar-refractivity contribution in [2.75, 3.05) is 0 Å². The fourth-order valence-electron chi connectivity index (χ4n) is 3.72. The zero-order chi connectivity index (χ0) is 22.2. The van der Waals surface area contributed by atoms with Crippen LogP contribution in [0, 0.1) is 3.57 Å². The number of hydrogen-bond acceptors (Lipinski definition) is 2. The Labute approximate surface area is 208 Å². The number of hydrogen-bond donors (Lipinski definition) is 0. The van der Waals surface area contributed by atoms with Crippen molar-refractivity contribution >= 4 is 79.6 Å². The van der Waals surface area contributed by atoms with Gasteiger partial charge in [-0.05, 0) is 82.1 Å². The smallest absolute Gasteiger partial charge is 0.266 e. The van der Waals surface area contributed by atoms with Crippen LogP contribution in [0.2, 0.25) is 10.0 Å². The van der Waals surface area contributed by atoms with E-state index in [1.807, 2.05) is 78.9 Å². The fraction of sp³-hybridized carbons (Fsp3) is 0. The number of benzene rings is 4. The third-order valence-electron chi connectivity index (χ3n) is 5.24. The van der Waals surface area contributed by atoms with Gasteiger partial charge in [0.1, 0.15) is 5.82 Å². The molecule has 0 saturated heterocycles. The average Bonchev–Trinajstić information content (AvgIpc) is 2.79. The van der Waals surface area contributed by atoms with E-state index in [-0.39, 0.29) is 5.56 Å². The molecule has 0 aliphatic carbocycles. The van der Waals surface area contributed by atoms with Crippen LogP contribution in [0.4, 0.5) is 0 Å². The SMILES string of the molecule is O=c1c2cc(I)ccc2nc(C=Cc2ccc(Cl)cc2Cl)n1-c1cccc2ccccc12. The van der Waals surface area contributed by atoms with E-state index >= 15 is 0 Å². The first-order valence-corrected chi connectivity index (χ1v) is 11.7. The summed E-state index contributed by atoms with van der Waals surface area (Å²) in [6.45, 7) is 0. The van der Waals surface area contributed by atoms with Gasteiger partial charge in [0.05, 0.1) is 16.6 Å². The number of nitrogens with zero attached hydrogens (tertiary/aromatic N) is 2. The van der Waals surface area contributed by atoms with Crippen LogP contribution in [0.3, 0.4) is 0 Å². The quantitative estimate of drug-likeness (QED) is 0.210. The molecule has 32 heavy (non-hydrogen) atoms. The van der Waals surface area contributed by atoms with E-state index in [4.69, 9.17) is 28.2 Å². The van der Waals surface area contributed by atoms with Crippen LogP contribution in [0.15, 0.2) is 83.7 Å². The molecule has 5 rings (SSSR count). The third kappa shape index (κ3) is 3.94. The molecule has 0 fully saturated rings. The zero-order valence-corrected chi connectivity index (χ0v) is 20.3. The van der Waals surface area contributed by atoms with Crippen LogP contribution in [-0.4, -0.2) is 9.55 Å². The van der Waals surface area contributed by atoms with Crippen molar-refractivity contribution in [3.8, 4) is 5.69 Å². The van der Waals surface area contributed by atoms with Gasteiger partial charge in [0.25, 0.3) is 5.56 Å². The lowest BCUT2D eigenvalue weighted by Crippen LogP contribution is -2.22. The van der Waals surface area contributed by atoms with E-state index < -0.39 is 0 Å². The van der Waals surface area contributed by atoms with Crippen molar-refractivity contribution in [1.82, 2.24) is 9.55 Å². The van der Waals surface area contributed by atoms with Gasteiger partial charge in [-0.3, -0.25) is 9.36 Å². The fourth-order valence-corrected chi connectivity index (χ4v) is 4.69. The Balaban J connectivity index is 1.81. The average molecular weight is 569 g/mol. The normalized spacial score (nSPS) is 11.6. The Morgan fingerprint density at radius 3 is 2.50 bits per heavy atom. The second kappa shape index (κ2) is 8.70. The highest BCUT2D eigenvalue weighted by Crippen LogP contribution is 2.26. The predicted octanol–water partition coefficient (Wildman–Crippen LogP) is 7.62. The first kappa shape index (κ1) is 21.2. The number of aromatic nitrogens is 2. The minimum Gasteiger partial charge on any atom is -0.268 e. The van der Waals surface area contributed by atoms with Gasteiger partial charge in [-0.15, -0.1) is 0 Å². The maximum atomic E-state index is 13.7. The lowest BCUT2D eigenvalue weighted by molar-refractivity contribution is 0.951. The van der Waals surface area contributed by atoms with E-state index in [1.54, 1.807) is 16.7 Å². The van der Waals surface area contributed by atoms with Crippen molar-refractivity contribution < 1.29 is 0 Å². The van der Waals surface area contributed by atoms with E-state index in [9.17, 15) is 4.79 Å². The lowest BCUT2D eigenvalue weighted by atomic mass is 10.1. The molecule has 0 saturated carbocycles. The first-order chi connectivity index (χ1) is 15.5. The first-order valence-electron chi connectivity index (χ1n) is 9.85. The minimum atomic E-state index is -0.119. The monoisotopic (exact) mass is 568 g/mol. The van der Waals surface area contributed by atoms with Gasteiger partial charge in [0.2, 0.25) is 0 Å². The van der Waals surface area contributed by atoms with Crippen molar-refractivity contribution in [1.29, 1.82) is 0 Å². The maximum absolute atomic E-state index is 13.7. The molecule has 0 bridgehead atoms. The summed E-state index contributed by atoms with van der Waals surface area (Å²) in [5.74, 6) is 0.520. The number of halogens is 3. The van der Waals surface area contributed by atoms with Gasteiger partial charge in [-0.1, -0.05) is 65.7 Å². The Hall–Kier alpha value is -2.67. The molecule has 1 aromatic heterocycles. The second-order valence-corrected chi connectivity index (χ2v) is 9.36. The highest BCUT2D eigenvalue weighted by molar-refractivity contribution is 14.1. The van der Waals surface area contributed by atoms with Crippen LogP contribution in [0.5, 0.6) is 0 Å². The highest BCUT2D eigenvalue weighted by atomic mass is 127. The third-order valence-corrected chi connectivity index (χ3v) is 6.47. The van der Waals surface area contributed by atoms with Crippen molar-refractivity contribution in [2.45, 2.75) is 0 Å². The molecule has 0 unspecified atom stereocenters. The molecular formula is C26H15Cl2IN2O. The van der Waals surface area contributed by atoms with Crippen molar-refractivity contribution in [3.05, 3.63) is 114 Å². The largest absolute Gasteiger partial charge is 0.268 e. The van der Waals surface area contributed by atoms with E-state index in [0.29, 0.717) is 26.8 Å². The summed E-state index contributed by atoms with van der Waals surface area (Å²) in [7, 11) is 0. The summed E-state index contributed by atoms with van der Waals surface area (Å²) in [6.07, 6.45) is 3.66. The summed E-state index contributed by atoms with van der Waals surface area (Å²) < 4.78 is 2.65. The summed E-state index contributed by atoms with van der Waals surface area (Å²) in [6, 6.07) is 24.9.